The van der Waals surface area contributed by atoms with E-state index in [4.69, 9.17) is 0 Å². The van der Waals surface area contributed by atoms with Crippen LogP contribution in [0.2, 0.25) is 0 Å². The Morgan fingerprint density at radius 3 is 1.50 bits per heavy atom. The fraction of sp³-hybridized carbons (Fsp3) is 0.222. The molecule has 1 fully saturated rings. The molecule has 1 heterocycles. The average molecular weight is 360 g/mol. The van der Waals surface area contributed by atoms with E-state index in [0.29, 0.717) is 11.1 Å². The lowest BCUT2D eigenvalue weighted by Gasteiger charge is -2.32. The third kappa shape index (κ3) is 3.30. The highest BCUT2D eigenvalue weighted by atomic mass is 33.1. The first-order valence-corrected chi connectivity index (χ1v) is 9.97. The van der Waals surface area contributed by atoms with Gasteiger partial charge in [-0.3, -0.25) is 0 Å². The third-order valence-corrected chi connectivity index (χ3v) is 6.72. The third-order valence-electron chi connectivity index (χ3n) is 4.25. The summed E-state index contributed by atoms with van der Waals surface area (Å²) in [5.74, 6) is -0.424. The first-order chi connectivity index (χ1) is 11.6. The number of carboxylic acids is 2. The van der Waals surface area contributed by atoms with Gasteiger partial charge in [-0.1, -0.05) is 58.0 Å². The van der Waals surface area contributed by atoms with E-state index < -0.39 is 11.9 Å². The van der Waals surface area contributed by atoms with Gasteiger partial charge in [-0.25, -0.2) is 9.59 Å². The van der Waals surface area contributed by atoms with Crippen LogP contribution in [0.1, 0.15) is 43.7 Å². The van der Waals surface area contributed by atoms with E-state index in [1.807, 2.05) is 24.3 Å². The van der Waals surface area contributed by atoms with Gasteiger partial charge >= 0.3 is 11.9 Å². The Kier molecular flexibility index (Phi) is 5.16. The average Bonchev–Trinajstić information content (AvgIpc) is 2.61. The van der Waals surface area contributed by atoms with Crippen molar-refractivity contribution in [1.82, 2.24) is 0 Å². The maximum absolute atomic E-state index is 11.6. The van der Waals surface area contributed by atoms with Gasteiger partial charge in [0, 0.05) is 23.3 Å². The molecule has 1 aliphatic heterocycles. The Labute approximate surface area is 147 Å². The van der Waals surface area contributed by atoms with Gasteiger partial charge in [-0.2, -0.15) is 0 Å². The molecule has 0 unspecified atom stereocenters. The van der Waals surface area contributed by atoms with Crippen molar-refractivity contribution in [2.45, 2.75) is 11.8 Å². The van der Waals surface area contributed by atoms with Gasteiger partial charge in [0.2, 0.25) is 0 Å². The van der Waals surface area contributed by atoms with Crippen LogP contribution in [0.3, 0.4) is 0 Å². The SMILES string of the molecule is O=C(O)c1ccccc1[C@@H]1CSSC[C@H]1c1ccccc1C(=O)O. The normalized spacial score (nSPS) is 20.5. The second kappa shape index (κ2) is 7.32. The quantitative estimate of drug-likeness (QED) is 0.790. The van der Waals surface area contributed by atoms with E-state index in [0.717, 1.165) is 22.6 Å². The zero-order chi connectivity index (χ0) is 17.1. The minimum atomic E-state index is -0.945. The molecule has 0 radical (unpaired) electrons. The predicted octanol–water partition coefficient (Wildman–Crippen LogP) is 4.35. The van der Waals surface area contributed by atoms with Gasteiger partial charge in [0.1, 0.15) is 0 Å². The summed E-state index contributed by atoms with van der Waals surface area (Å²) in [4.78, 5) is 23.2. The monoisotopic (exact) mass is 360 g/mol. The topological polar surface area (TPSA) is 74.6 Å². The Morgan fingerprint density at radius 1 is 0.750 bits per heavy atom. The predicted molar refractivity (Wildman–Crippen MR) is 97.2 cm³/mol. The van der Waals surface area contributed by atoms with Crippen molar-refractivity contribution < 1.29 is 19.8 Å². The fourth-order valence-corrected chi connectivity index (χ4v) is 5.88. The van der Waals surface area contributed by atoms with Gasteiger partial charge in [-0.05, 0) is 23.3 Å². The van der Waals surface area contributed by atoms with Crippen LogP contribution < -0.4 is 0 Å². The molecule has 6 heteroatoms. The highest BCUT2D eigenvalue weighted by Crippen LogP contribution is 2.48. The van der Waals surface area contributed by atoms with Gasteiger partial charge < -0.3 is 10.2 Å². The molecule has 1 saturated heterocycles. The van der Waals surface area contributed by atoms with Crippen molar-refractivity contribution in [3.63, 3.8) is 0 Å². The van der Waals surface area contributed by atoms with Crippen LogP contribution in [0.15, 0.2) is 48.5 Å². The molecule has 2 aromatic carbocycles. The molecule has 0 spiro atoms. The van der Waals surface area contributed by atoms with Crippen molar-refractivity contribution in [3.05, 3.63) is 70.8 Å². The molecule has 2 atom stereocenters. The number of benzene rings is 2. The van der Waals surface area contributed by atoms with Crippen molar-refractivity contribution in [2.24, 2.45) is 0 Å². The van der Waals surface area contributed by atoms with E-state index in [2.05, 4.69) is 0 Å². The summed E-state index contributed by atoms with van der Waals surface area (Å²) in [7, 11) is 3.41. The molecule has 2 N–H and O–H groups in total. The molecule has 2 aromatic rings. The highest BCUT2D eigenvalue weighted by Gasteiger charge is 2.33. The number of aromatic carboxylic acids is 2. The van der Waals surface area contributed by atoms with Crippen molar-refractivity contribution in [1.29, 1.82) is 0 Å². The molecule has 124 valence electrons. The molecular formula is C18H16O4S2. The number of hydrogen-bond acceptors (Lipinski definition) is 4. The lowest BCUT2D eigenvalue weighted by molar-refractivity contribution is 0.0683. The standard InChI is InChI=1S/C18H16O4S2/c19-17(20)13-7-3-1-5-11(13)15-9-23-24-10-16(15)12-6-2-4-8-14(12)18(21)22/h1-8,15-16H,9-10H2,(H,19,20)(H,21,22)/t15-,16-/m0/s1. The highest BCUT2D eigenvalue weighted by molar-refractivity contribution is 8.76. The summed E-state index contributed by atoms with van der Waals surface area (Å²) in [6.07, 6.45) is 0. The molecule has 0 saturated carbocycles. The first kappa shape index (κ1) is 16.9. The zero-order valence-corrected chi connectivity index (χ0v) is 14.3. The van der Waals surface area contributed by atoms with E-state index >= 15 is 0 Å². The molecule has 3 rings (SSSR count). The number of carbonyl (C=O) groups is 2. The van der Waals surface area contributed by atoms with Crippen LogP contribution in [0.25, 0.3) is 0 Å². The minimum absolute atomic E-state index is 0.0240. The Bertz CT molecular complexity index is 710. The molecule has 1 aliphatic rings. The van der Waals surface area contributed by atoms with Crippen molar-refractivity contribution in [3.8, 4) is 0 Å². The first-order valence-electron chi connectivity index (χ1n) is 7.48. The summed E-state index contributed by atoms with van der Waals surface area (Å²) < 4.78 is 0. The van der Waals surface area contributed by atoms with E-state index in [9.17, 15) is 19.8 Å². The maximum atomic E-state index is 11.6. The van der Waals surface area contributed by atoms with Gasteiger partial charge in [0.25, 0.3) is 0 Å². The van der Waals surface area contributed by atoms with Crippen molar-refractivity contribution in [2.75, 3.05) is 11.5 Å². The van der Waals surface area contributed by atoms with Gasteiger partial charge in [-0.15, -0.1) is 0 Å². The molecule has 24 heavy (non-hydrogen) atoms. The summed E-state index contributed by atoms with van der Waals surface area (Å²) in [6.45, 7) is 0. The molecular weight excluding hydrogens is 344 g/mol. The van der Waals surface area contributed by atoms with Crippen LogP contribution >= 0.6 is 21.6 Å². The molecule has 0 bridgehead atoms. The van der Waals surface area contributed by atoms with Crippen LogP contribution in [0.5, 0.6) is 0 Å². The second-order valence-electron chi connectivity index (χ2n) is 5.57. The second-order valence-corrected chi connectivity index (χ2v) is 8.12. The molecule has 0 aliphatic carbocycles. The number of rotatable bonds is 4. The summed E-state index contributed by atoms with van der Waals surface area (Å²) >= 11 is 0. The van der Waals surface area contributed by atoms with E-state index in [1.165, 1.54) is 0 Å². The zero-order valence-electron chi connectivity index (χ0n) is 12.7. The summed E-state index contributed by atoms with van der Waals surface area (Å²) in [5, 5.41) is 19.0. The Balaban J connectivity index is 2.08. The Hall–Kier alpha value is -1.92. The number of hydrogen-bond donors (Lipinski definition) is 2. The summed E-state index contributed by atoms with van der Waals surface area (Å²) in [5.41, 5.74) is 2.16. The minimum Gasteiger partial charge on any atom is -0.478 e. The molecule has 0 amide bonds. The van der Waals surface area contributed by atoms with Gasteiger partial charge in [0.05, 0.1) is 11.1 Å². The van der Waals surface area contributed by atoms with Gasteiger partial charge in [0.15, 0.2) is 0 Å². The lowest BCUT2D eigenvalue weighted by atomic mass is 9.80. The largest absolute Gasteiger partial charge is 0.478 e. The lowest BCUT2D eigenvalue weighted by Crippen LogP contribution is -2.23. The van der Waals surface area contributed by atoms with E-state index in [1.54, 1.807) is 45.9 Å². The van der Waals surface area contributed by atoms with Crippen LogP contribution in [0, 0.1) is 0 Å². The summed E-state index contributed by atoms with van der Waals surface area (Å²) in [6, 6.07) is 14.1. The Morgan fingerprint density at radius 2 is 1.12 bits per heavy atom. The van der Waals surface area contributed by atoms with Crippen LogP contribution in [-0.2, 0) is 0 Å². The number of carboxylic acid groups (broad SMARTS) is 2. The van der Waals surface area contributed by atoms with Crippen LogP contribution in [0.4, 0.5) is 0 Å². The smallest absolute Gasteiger partial charge is 0.335 e. The molecule has 0 aromatic heterocycles. The van der Waals surface area contributed by atoms with Crippen LogP contribution in [-0.4, -0.2) is 33.7 Å². The molecule has 4 nitrogen and oxygen atoms in total. The van der Waals surface area contributed by atoms with E-state index in [-0.39, 0.29) is 11.8 Å². The maximum Gasteiger partial charge on any atom is 0.335 e. The fourth-order valence-electron chi connectivity index (χ4n) is 3.12. The van der Waals surface area contributed by atoms with Crippen molar-refractivity contribution >= 4 is 33.5 Å².